The highest BCUT2D eigenvalue weighted by Gasteiger charge is 2.03. The lowest BCUT2D eigenvalue weighted by Gasteiger charge is -2.08. The highest BCUT2D eigenvalue weighted by Crippen LogP contribution is 2.16. The molecule has 1 aromatic carbocycles. The number of nitrogen functional groups attached to an aromatic ring is 1. The molecule has 2 N–H and O–H groups in total. The highest BCUT2D eigenvalue weighted by atomic mass is 16.5. The minimum absolute atomic E-state index is 0.256. The van der Waals surface area contributed by atoms with Gasteiger partial charge in [0.15, 0.2) is 0 Å². The van der Waals surface area contributed by atoms with Crippen LogP contribution < -0.4 is 5.73 Å². The van der Waals surface area contributed by atoms with Crippen molar-refractivity contribution < 1.29 is 4.74 Å². The number of nitrogens with zero attached hydrogens (tertiary/aromatic N) is 2. The Morgan fingerprint density at radius 1 is 1.44 bits per heavy atom. The van der Waals surface area contributed by atoms with Gasteiger partial charge in [-0.15, -0.1) is 0 Å². The normalized spacial score (nSPS) is 11.4. The van der Waals surface area contributed by atoms with Crippen LogP contribution in [-0.2, 0) is 11.3 Å². The molecular formula is C12H17N3O. The zero-order valence-electron chi connectivity index (χ0n) is 9.68. The van der Waals surface area contributed by atoms with Gasteiger partial charge in [0.1, 0.15) is 0 Å². The molecule has 0 aliphatic rings. The summed E-state index contributed by atoms with van der Waals surface area (Å²) in [6.07, 6.45) is 2.11. The van der Waals surface area contributed by atoms with Crippen molar-refractivity contribution in [3.63, 3.8) is 0 Å². The number of fused-ring (bicyclic) bond motifs is 1. The van der Waals surface area contributed by atoms with Gasteiger partial charge in [-0.3, -0.25) is 4.68 Å². The monoisotopic (exact) mass is 219 g/mol. The second-order valence-electron chi connectivity index (χ2n) is 4.11. The van der Waals surface area contributed by atoms with Crippen LogP contribution in [0.3, 0.4) is 0 Å². The molecule has 0 atom stereocenters. The third kappa shape index (κ3) is 2.33. The molecule has 86 valence electrons. The van der Waals surface area contributed by atoms with Gasteiger partial charge in [-0.2, -0.15) is 5.10 Å². The van der Waals surface area contributed by atoms with Gasteiger partial charge in [-0.25, -0.2) is 0 Å². The molecule has 1 heterocycles. The summed E-state index contributed by atoms with van der Waals surface area (Å²) >= 11 is 0. The van der Waals surface area contributed by atoms with Crippen molar-refractivity contribution in [3.05, 3.63) is 24.4 Å². The predicted molar refractivity (Wildman–Crippen MR) is 65.2 cm³/mol. The van der Waals surface area contributed by atoms with E-state index in [-0.39, 0.29) is 6.10 Å². The Kier molecular flexibility index (Phi) is 3.10. The maximum atomic E-state index is 5.76. The van der Waals surface area contributed by atoms with Crippen LogP contribution >= 0.6 is 0 Å². The maximum absolute atomic E-state index is 5.76. The molecule has 0 unspecified atom stereocenters. The van der Waals surface area contributed by atoms with Crippen molar-refractivity contribution in [2.45, 2.75) is 26.5 Å². The van der Waals surface area contributed by atoms with Gasteiger partial charge < -0.3 is 10.5 Å². The summed E-state index contributed by atoms with van der Waals surface area (Å²) in [7, 11) is 0. The Hall–Kier alpha value is -1.55. The molecule has 0 amide bonds. The standard InChI is InChI=1S/C12H17N3O/c1-9(2)16-6-5-15-12-7-11(13)4-3-10(12)8-14-15/h3-4,7-9H,5-6,13H2,1-2H3. The lowest BCUT2D eigenvalue weighted by Crippen LogP contribution is -2.11. The number of rotatable bonds is 4. The Bertz CT molecular complexity index is 476. The summed E-state index contributed by atoms with van der Waals surface area (Å²) in [5.41, 5.74) is 7.58. The third-order valence-electron chi connectivity index (χ3n) is 2.42. The molecule has 0 fully saturated rings. The molecule has 1 aromatic heterocycles. The van der Waals surface area contributed by atoms with Gasteiger partial charge in [0.05, 0.1) is 31.0 Å². The Labute approximate surface area is 95.0 Å². The molecule has 0 spiro atoms. The number of benzene rings is 1. The predicted octanol–water partition coefficient (Wildman–Crippen LogP) is 2.04. The van der Waals surface area contributed by atoms with Crippen LogP contribution in [0.25, 0.3) is 10.9 Å². The van der Waals surface area contributed by atoms with E-state index in [4.69, 9.17) is 10.5 Å². The second kappa shape index (κ2) is 4.53. The van der Waals surface area contributed by atoms with E-state index >= 15 is 0 Å². The summed E-state index contributed by atoms with van der Waals surface area (Å²) in [6.45, 7) is 5.48. The van der Waals surface area contributed by atoms with Gasteiger partial charge in [-0.05, 0) is 32.0 Å². The number of nitrogens with two attached hydrogens (primary N) is 1. The lowest BCUT2D eigenvalue weighted by atomic mass is 10.2. The first-order valence-corrected chi connectivity index (χ1v) is 5.49. The number of ether oxygens (including phenoxy) is 1. The average molecular weight is 219 g/mol. The number of hydrogen-bond acceptors (Lipinski definition) is 3. The van der Waals surface area contributed by atoms with E-state index in [2.05, 4.69) is 5.10 Å². The first-order chi connectivity index (χ1) is 7.66. The number of hydrogen-bond donors (Lipinski definition) is 1. The summed E-state index contributed by atoms with van der Waals surface area (Å²) in [5.74, 6) is 0. The topological polar surface area (TPSA) is 53.1 Å². The van der Waals surface area contributed by atoms with E-state index in [0.29, 0.717) is 6.61 Å². The molecule has 4 heteroatoms. The maximum Gasteiger partial charge on any atom is 0.0703 e. The first-order valence-electron chi connectivity index (χ1n) is 5.49. The summed E-state index contributed by atoms with van der Waals surface area (Å²) in [6, 6.07) is 5.81. The van der Waals surface area contributed by atoms with Crippen LogP contribution in [0, 0.1) is 0 Å². The van der Waals surface area contributed by atoms with Crippen molar-refractivity contribution in [2.75, 3.05) is 12.3 Å². The molecule has 0 saturated heterocycles. The van der Waals surface area contributed by atoms with Gasteiger partial charge >= 0.3 is 0 Å². The van der Waals surface area contributed by atoms with E-state index in [1.807, 2.05) is 42.9 Å². The summed E-state index contributed by atoms with van der Waals surface area (Å²) in [4.78, 5) is 0. The molecule has 4 nitrogen and oxygen atoms in total. The Balaban J connectivity index is 2.15. The minimum atomic E-state index is 0.256. The SMILES string of the molecule is CC(C)OCCn1ncc2ccc(N)cc21. The minimum Gasteiger partial charge on any atom is -0.399 e. The van der Waals surface area contributed by atoms with Gasteiger partial charge in [0, 0.05) is 11.1 Å². The Morgan fingerprint density at radius 3 is 3.00 bits per heavy atom. The second-order valence-corrected chi connectivity index (χ2v) is 4.11. The quantitative estimate of drug-likeness (QED) is 0.801. The largest absolute Gasteiger partial charge is 0.399 e. The van der Waals surface area contributed by atoms with E-state index in [1.165, 1.54) is 0 Å². The van der Waals surface area contributed by atoms with Gasteiger partial charge in [0.25, 0.3) is 0 Å². The van der Waals surface area contributed by atoms with Crippen LogP contribution in [0.2, 0.25) is 0 Å². The van der Waals surface area contributed by atoms with Crippen molar-refractivity contribution in [2.24, 2.45) is 0 Å². The molecule has 0 aliphatic carbocycles. The van der Waals surface area contributed by atoms with E-state index in [0.717, 1.165) is 23.1 Å². The molecular weight excluding hydrogens is 202 g/mol. The highest BCUT2D eigenvalue weighted by molar-refractivity contribution is 5.81. The van der Waals surface area contributed by atoms with Crippen LogP contribution in [0.1, 0.15) is 13.8 Å². The zero-order valence-corrected chi connectivity index (χ0v) is 9.68. The Morgan fingerprint density at radius 2 is 2.25 bits per heavy atom. The van der Waals surface area contributed by atoms with E-state index in [9.17, 15) is 0 Å². The average Bonchev–Trinajstić information content (AvgIpc) is 2.60. The summed E-state index contributed by atoms with van der Waals surface area (Å²) in [5, 5.41) is 5.42. The molecule has 0 radical (unpaired) electrons. The van der Waals surface area contributed by atoms with Crippen molar-refractivity contribution in [1.82, 2.24) is 9.78 Å². The molecule has 16 heavy (non-hydrogen) atoms. The van der Waals surface area contributed by atoms with Gasteiger partial charge in [-0.1, -0.05) is 0 Å². The van der Waals surface area contributed by atoms with Crippen LogP contribution in [0.4, 0.5) is 5.69 Å². The smallest absolute Gasteiger partial charge is 0.0703 e. The van der Waals surface area contributed by atoms with Crippen LogP contribution in [-0.4, -0.2) is 22.5 Å². The molecule has 0 saturated carbocycles. The zero-order chi connectivity index (χ0) is 11.5. The van der Waals surface area contributed by atoms with E-state index in [1.54, 1.807) is 0 Å². The first kappa shape index (κ1) is 11.0. The number of anilines is 1. The molecule has 0 bridgehead atoms. The van der Waals surface area contributed by atoms with Crippen LogP contribution in [0.15, 0.2) is 24.4 Å². The molecule has 0 aliphatic heterocycles. The molecule has 2 aromatic rings. The fraction of sp³-hybridized carbons (Fsp3) is 0.417. The van der Waals surface area contributed by atoms with E-state index < -0.39 is 0 Å². The summed E-state index contributed by atoms with van der Waals surface area (Å²) < 4.78 is 7.43. The lowest BCUT2D eigenvalue weighted by molar-refractivity contribution is 0.0716. The fourth-order valence-electron chi connectivity index (χ4n) is 1.64. The fourth-order valence-corrected chi connectivity index (χ4v) is 1.64. The van der Waals surface area contributed by atoms with Crippen molar-refractivity contribution in [3.8, 4) is 0 Å². The molecule has 2 rings (SSSR count). The third-order valence-corrected chi connectivity index (χ3v) is 2.42. The number of aromatic nitrogens is 2. The van der Waals surface area contributed by atoms with Crippen molar-refractivity contribution >= 4 is 16.6 Å². The van der Waals surface area contributed by atoms with Crippen LogP contribution in [0.5, 0.6) is 0 Å². The van der Waals surface area contributed by atoms with Gasteiger partial charge in [0.2, 0.25) is 0 Å². The van der Waals surface area contributed by atoms with Crippen molar-refractivity contribution in [1.29, 1.82) is 0 Å².